The summed E-state index contributed by atoms with van der Waals surface area (Å²) in [5.74, 6) is 1.41. The second-order valence-electron chi connectivity index (χ2n) is 6.77. The number of non-ortho nitro benzene ring substituents is 1. The molecule has 2 aromatic carbocycles. The maximum atomic E-state index is 12.6. The third-order valence-corrected chi connectivity index (χ3v) is 4.91. The summed E-state index contributed by atoms with van der Waals surface area (Å²) < 4.78 is 10.4. The lowest BCUT2D eigenvalue weighted by molar-refractivity contribution is -0.384. The van der Waals surface area contributed by atoms with Crippen molar-refractivity contribution in [3.63, 3.8) is 0 Å². The van der Waals surface area contributed by atoms with E-state index in [1.807, 2.05) is 19.1 Å². The van der Waals surface area contributed by atoms with Gasteiger partial charge in [0.05, 0.1) is 18.1 Å². The molecular weight excluding hydrogens is 388 g/mol. The molecule has 0 saturated heterocycles. The van der Waals surface area contributed by atoms with Gasteiger partial charge in [0.1, 0.15) is 5.75 Å². The van der Waals surface area contributed by atoms with Gasteiger partial charge in [-0.3, -0.25) is 14.9 Å². The fraction of sp³-hybridized carbons (Fsp3) is 0.286. The number of carbonyl (C=O) groups is 1. The van der Waals surface area contributed by atoms with E-state index < -0.39 is 4.92 Å². The molecule has 1 atom stereocenters. The van der Waals surface area contributed by atoms with Crippen LogP contribution in [0.5, 0.6) is 5.75 Å². The molecule has 156 valence electrons. The highest BCUT2D eigenvalue weighted by molar-refractivity contribution is 5.76. The number of aromatic nitrogens is 2. The topological polar surface area (TPSA) is 112 Å². The Bertz CT molecular complexity index is 1030. The lowest BCUT2D eigenvalue weighted by atomic mass is 10.1. The molecular formula is C21H22N4O5. The normalized spacial score (nSPS) is 11.7. The van der Waals surface area contributed by atoms with Crippen LogP contribution in [0.3, 0.4) is 0 Å². The van der Waals surface area contributed by atoms with Gasteiger partial charge in [-0.05, 0) is 36.8 Å². The fourth-order valence-electron chi connectivity index (χ4n) is 2.94. The minimum absolute atomic E-state index is 0.00267. The van der Waals surface area contributed by atoms with Crippen LogP contribution in [0, 0.1) is 10.1 Å². The molecule has 0 fully saturated rings. The minimum atomic E-state index is -0.450. The van der Waals surface area contributed by atoms with Crippen LogP contribution in [0.25, 0.3) is 11.4 Å². The lowest BCUT2D eigenvalue weighted by Gasteiger charge is -2.25. The predicted octanol–water partition coefficient (Wildman–Crippen LogP) is 3.81. The van der Waals surface area contributed by atoms with Crippen LogP contribution >= 0.6 is 0 Å². The summed E-state index contributed by atoms with van der Waals surface area (Å²) in [5.41, 5.74) is 1.48. The van der Waals surface area contributed by atoms with Crippen molar-refractivity contribution in [1.29, 1.82) is 0 Å². The molecule has 0 spiro atoms. The third-order valence-electron chi connectivity index (χ3n) is 4.91. The first-order chi connectivity index (χ1) is 14.4. The summed E-state index contributed by atoms with van der Waals surface area (Å²) in [4.78, 5) is 29.0. The van der Waals surface area contributed by atoms with Crippen molar-refractivity contribution in [2.75, 3.05) is 14.2 Å². The van der Waals surface area contributed by atoms with Gasteiger partial charge in [-0.2, -0.15) is 4.98 Å². The Labute approximate surface area is 173 Å². The highest BCUT2D eigenvalue weighted by Gasteiger charge is 2.20. The van der Waals surface area contributed by atoms with Crippen LogP contribution in [0.4, 0.5) is 5.69 Å². The number of benzene rings is 2. The number of hydrogen-bond donors (Lipinski definition) is 0. The van der Waals surface area contributed by atoms with Crippen molar-refractivity contribution in [2.24, 2.45) is 0 Å². The van der Waals surface area contributed by atoms with Gasteiger partial charge < -0.3 is 14.2 Å². The number of carbonyl (C=O) groups excluding carboxylic acids is 1. The van der Waals surface area contributed by atoms with Gasteiger partial charge in [-0.15, -0.1) is 0 Å². The molecule has 0 aliphatic heterocycles. The Balaban J connectivity index is 1.60. The van der Waals surface area contributed by atoms with Crippen molar-refractivity contribution in [3.8, 4) is 17.1 Å². The van der Waals surface area contributed by atoms with Crippen molar-refractivity contribution in [3.05, 3.63) is 70.1 Å². The van der Waals surface area contributed by atoms with E-state index in [-0.39, 0.29) is 24.1 Å². The molecule has 9 heteroatoms. The second kappa shape index (κ2) is 9.17. The number of nitro benzene ring substituents is 1. The van der Waals surface area contributed by atoms with Gasteiger partial charge in [0.2, 0.25) is 17.6 Å². The van der Waals surface area contributed by atoms with Crippen molar-refractivity contribution < 1.29 is 19.0 Å². The van der Waals surface area contributed by atoms with E-state index in [2.05, 4.69) is 10.1 Å². The van der Waals surface area contributed by atoms with Crippen LogP contribution < -0.4 is 4.74 Å². The van der Waals surface area contributed by atoms with Crippen LogP contribution in [-0.2, 0) is 11.2 Å². The summed E-state index contributed by atoms with van der Waals surface area (Å²) in [7, 11) is 3.26. The van der Waals surface area contributed by atoms with Gasteiger partial charge >= 0.3 is 0 Å². The summed E-state index contributed by atoms with van der Waals surface area (Å²) >= 11 is 0. The maximum absolute atomic E-state index is 12.6. The molecule has 3 aromatic rings. The van der Waals surface area contributed by atoms with E-state index >= 15 is 0 Å². The number of hydrogen-bond acceptors (Lipinski definition) is 7. The van der Waals surface area contributed by atoms with Gasteiger partial charge in [-0.25, -0.2) is 0 Å². The summed E-state index contributed by atoms with van der Waals surface area (Å²) in [5, 5.41) is 14.9. The number of amides is 1. The molecule has 0 N–H and O–H groups in total. The second-order valence-corrected chi connectivity index (χ2v) is 6.77. The Morgan fingerprint density at radius 1 is 1.27 bits per heavy atom. The van der Waals surface area contributed by atoms with Crippen LogP contribution in [-0.4, -0.2) is 40.0 Å². The number of ether oxygens (including phenoxy) is 1. The first-order valence-corrected chi connectivity index (χ1v) is 9.36. The third kappa shape index (κ3) is 4.80. The minimum Gasteiger partial charge on any atom is -0.497 e. The summed E-state index contributed by atoms with van der Waals surface area (Å²) in [6.45, 7) is 1.82. The fourth-order valence-corrected chi connectivity index (χ4v) is 2.94. The largest absolute Gasteiger partial charge is 0.497 e. The Kier molecular flexibility index (Phi) is 6.41. The standard InChI is InChI=1S/C21H22N4O5/c1-14(16-5-4-6-17(13-16)25(27)28)24(2)20(26)12-11-19-22-21(23-30-19)15-7-9-18(29-3)10-8-15/h4-10,13-14H,11-12H2,1-3H3. The Morgan fingerprint density at radius 2 is 2.00 bits per heavy atom. The number of aryl methyl sites for hydroxylation is 1. The summed E-state index contributed by atoms with van der Waals surface area (Å²) in [6.07, 6.45) is 0.480. The van der Waals surface area contributed by atoms with Crippen molar-refractivity contribution >= 4 is 11.6 Å². The molecule has 1 aromatic heterocycles. The molecule has 9 nitrogen and oxygen atoms in total. The maximum Gasteiger partial charge on any atom is 0.269 e. The van der Waals surface area contributed by atoms with E-state index in [1.165, 1.54) is 12.1 Å². The molecule has 1 heterocycles. The Hall–Kier alpha value is -3.75. The van der Waals surface area contributed by atoms with Crippen LogP contribution in [0.2, 0.25) is 0 Å². The number of nitrogens with zero attached hydrogens (tertiary/aromatic N) is 4. The molecule has 0 aliphatic rings. The highest BCUT2D eigenvalue weighted by Crippen LogP contribution is 2.24. The lowest BCUT2D eigenvalue weighted by Crippen LogP contribution is -2.29. The Morgan fingerprint density at radius 3 is 2.67 bits per heavy atom. The van der Waals surface area contributed by atoms with E-state index in [1.54, 1.807) is 43.3 Å². The van der Waals surface area contributed by atoms with Crippen molar-refractivity contribution in [1.82, 2.24) is 15.0 Å². The van der Waals surface area contributed by atoms with Crippen molar-refractivity contribution in [2.45, 2.75) is 25.8 Å². The zero-order valence-electron chi connectivity index (χ0n) is 16.9. The highest BCUT2D eigenvalue weighted by atomic mass is 16.6. The van der Waals surface area contributed by atoms with E-state index in [0.717, 1.165) is 11.3 Å². The first kappa shape index (κ1) is 21.0. The number of rotatable bonds is 8. The average molecular weight is 410 g/mol. The van der Waals surface area contributed by atoms with Crippen LogP contribution in [0.1, 0.15) is 30.8 Å². The van der Waals surface area contributed by atoms with E-state index in [9.17, 15) is 14.9 Å². The zero-order valence-corrected chi connectivity index (χ0v) is 16.9. The van der Waals surface area contributed by atoms with Gasteiger partial charge in [0.15, 0.2) is 0 Å². The average Bonchev–Trinajstić information content (AvgIpc) is 3.25. The number of nitro groups is 1. The molecule has 0 bridgehead atoms. The molecule has 3 rings (SSSR count). The van der Waals surface area contributed by atoms with Crippen LogP contribution in [0.15, 0.2) is 53.1 Å². The number of methoxy groups -OCH3 is 1. The van der Waals surface area contributed by atoms with Gasteiger partial charge in [-0.1, -0.05) is 17.3 Å². The van der Waals surface area contributed by atoms with E-state index in [0.29, 0.717) is 23.7 Å². The molecule has 30 heavy (non-hydrogen) atoms. The van der Waals surface area contributed by atoms with E-state index in [4.69, 9.17) is 9.26 Å². The van der Waals surface area contributed by atoms with Gasteiger partial charge in [0.25, 0.3) is 5.69 Å². The quantitative estimate of drug-likeness (QED) is 0.410. The predicted molar refractivity (Wildman–Crippen MR) is 109 cm³/mol. The molecule has 0 aliphatic carbocycles. The first-order valence-electron chi connectivity index (χ1n) is 9.36. The SMILES string of the molecule is COc1ccc(-c2noc(CCC(=O)N(C)C(C)c3cccc([N+](=O)[O-])c3)n2)cc1. The monoisotopic (exact) mass is 410 g/mol. The molecule has 0 saturated carbocycles. The zero-order chi connectivity index (χ0) is 21.7. The summed E-state index contributed by atoms with van der Waals surface area (Å²) in [6, 6.07) is 13.2. The smallest absolute Gasteiger partial charge is 0.269 e. The molecule has 1 amide bonds. The van der Waals surface area contributed by atoms with Gasteiger partial charge in [0, 0.05) is 37.6 Å². The molecule has 1 unspecified atom stereocenters. The molecule has 0 radical (unpaired) electrons.